The van der Waals surface area contributed by atoms with Crippen molar-refractivity contribution in [2.45, 2.75) is 20.0 Å². The maximum absolute atomic E-state index is 12.1. The molecule has 2 N–H and O–H groups in total. The molecule has 3 nitrogen and oxygen atoms in total. The molecule has 92 valence electrons. The van der Waals surface area contributed by atoms with Crippen LogP contribution in [0.15, 0.2) is 0 Å². The van der Waals surface area contributed by atoms with Crippen molar-refractivity contribution < 1.29 is 23.4 Å². The molecule has 0 atom stereocenters. The first-order valence-corrected chi connectivity index (χ1v) is 4.71. The Labute approximate surface area is 87.5 Å². The van der Waals surface area contributed by atoms with E-state index in [2.05, 4.69) is 0 Å². The number of halogens is 3. The van der Waals surface area contributed by atoms with Crippen LogP contribution in [0.2, 0.25) is 0 Å². The van der Waals surface area contributed by atoms with E-state index >= 15 is 0 Å². The summed E-state index contributed by atoms with van der Waals surface area (Å²) in [5, 5.41) is 17.6. The lowest BCUT2D eigenvalue weighted by Gasteiger charge is -2.31. The molecule has 0 fully saturated rings. The maximum Gasteiger partial charge on any atom is 0.401 e. The molecule has 0 aliphatic carbocycles. The highest BCUT2D eigenvalue weighted by atomic mass is 19.4. The topological polar surface area (TPSA) is 43.7 Å². The lowest BCUT2D eigenvalue weighted by molar-refractivity contribution is -0.150. The minimum Gasteiger partial charge on any atom is -0.396 e. The molecule has 0 aromatic rings. The fraction of sp³-hybridized carbons (Fsp3) is 1.00. The summed E-state index contributed by atoms with van der Waals surface area (Å²) in [7, 11) is 0. The fourth-order valence-corrected chi connectivity index (χ4v) is 1.26. The third-order valence-corrected chi connectivity index (χ3v) is 1.90. The molecule has 0 aliphatic heterocycles. The zero-order chi connectivity index (χ0) is 12.1. The summed E-state index contributed by atoms with van der Waals surface area (Å²) in [6.45, 7) is 1.84. The van der Waals surface area contributed by atoms with Crippen molar-refractivity contribution in [3.63, 3.8) is 0 Å². The molecule has 15 heavy (non-hydrogen) atoms. The molecule has 0 aromatic carbocycles. The van der Waals surface area contributed by atoms with Crippen LogP contribution in [0.3, 0.4) is 0 Å². The Bertz CT molecular complexity index is 183. The van der Waals surface area contributed by atoms with Crippen molar-refractivity contribution in [3.8, 4) is 0 Å². The van der Waals surface area contributed by atoms with Crippen molar-refractivity contribution in [3.05, 3.63) is 0 Å². The fourth-order valence-electron chi connectivity index (χ4n) is 1.26. The van der Waals surface area contributed by atoms with Gasteiger partial charge in [0.15, 0.2) is 0 Å². The zero-order valence-electron chi connectivity index (χ0n) is 9.01. The van der Waals surface area contributed by atoms with Crippen LogP contribution in [0, 0.1) is 5.41 Å². The van der Waals surface area contributed by atoms with Gasteiger partial charge in [-0.15, -0.1) is 0 Å². The second kappa shape index (κ2) is 5.67. The minimum absolute atomic E-state index is 0.0388. The van der Waals surface area contributed by atoms with E-state index in [0.29, 0.717) is 0 Å². The van der Waals surface area contributed by atoms with E-state index in [1.807, 2.05) is 0 Å². The first-order chi connectivity index (χ1) is 6.70. The standard InChI is InChI=1S/C9H18F3NO2/c1-8(2,7-15)5-13(3-4-14)6-9(10,11)12/h14-15H,3-7H2,1-2H3. The van der Waals surface area contributed by atoms with Crippen LogP contribution in [0.5, 0.6) is 0 Å². The summed E-state index contributed by atoms with van der Waals surface area (Å²) in [6.07, 6.45) is -4.28. The first-order valence-electron chi connectivity index (χ1n) is 4.71. The van der Waals surface area contributed by atoms with Gasteiger partial charge < -0.3 is 10.2 Å². The maximum atomic E-state index is 12.1. The van der Waals surface area contributed by atoms with Crippen LogP contribution in [-0.4, -0.2) is 54.1 Å². The largest absolute Gasteiger partial charge is 0.401 e. The average Bonchev–Trinajstić information content (AvgIpc) is 2.01. The normalized spacial score (nSPS) is 13.6. The Morgan fingerprint density at radius 1 is 1.07 bits per heavy atom. The highest BCUT2D eigenvalue weighted by molar-refractivity contribution is 4.74. The average molecular weight is 229 g/mol. The highest BCUT2D eigenvalue weighted by Crippen LogP contribution is 2.21. The van der Waals surface area contributed by atoms with Gasteiger partial charge in [0.25, 0.3) is 0 Å². The second-order valence-electron chi connectivity index (χ2n) is 4.37. The van der Waals surface area contributed by atoms with Gasteiger partial charge in [0.05, 0.1) is 13.2 Å². The van der Waals surface area contributed by atoms with Crippen LogP contribution in [-0.2, 0) is 0 Å². The Morgan fingerprint density at radius 2 is 1.60 bits per heavy atom. The van der Waals surface area contributed by atoms with E-state index in [0.717, 1.165) is 4.90 Å². The minimum atomic E-state index is -4.28. The Kier molecular flexibility index (Phi) is 5.55. The van der Waals surface area contributed by atoms with E-state index in [4.69, 9.17) is 10.2 Å². The second-order valence-corrected chi connectivity index (χ2v) is 4.37. The highest BCUT2D eigenvalue weighted by Gasteiger charge is 2.32. The van der Waals surface area contributed by atoms with Crippen LogP contribution < -0.4 is 0 Å². The van der Waals surface area contributed by atoms with Gasteiger partial charge in [0, 0.05) is 25.1 Å². The lowest BCUT2D eigenvalue weighted by Crippen LogP contribution is -2.43. The quantitative estimate of drug-likeness (QED) is 0.710. The van der Waals surface area contributed by atoms with Crippen LogP contribution in [0.25, 0.3) is 0 Å². The molecule has 0 saturated carbocycles. The molecule has 0 rings (SSSR count). The van der Waals surface area contributed by atoms with Crippen molar-refractivity contribution in [1.29, 1.82) is 0 Å². The molecule has 0 aromatic heterocycles. The van der Waals surface area contributed by atoms with Gasteiger partial charge in [-0.3, -0.25) is 4.90 Å². The molecule has 0 spiro atoms. The Morgan fingerprint density at radius 3 is 1.93 bits per heavy atom. The SMILES string of the molecule is CC(C)(CO)CN(CCO)CC(F)(F)F. The van der Waals surface area contributed by atoms with Crippen molar-refractivity contribution in [2.75, 3.05) is 32.8 Å². The molecule has 0 saturated heterocycles. The van der Waals surface area contributed by atoms with Gasteiger partial charge in [-0.25, -0.2) is 0 Å². The zero-order valence-corrected chi connectivity index (χ0v) is 9.01. The molecular weight excluding hydrogens is 211 g/mol. The smallest absolute Gasteiger partial charge is 0.396 e. The van der Waals surface area contributed by atoms with Crippen molar-refractivity contribution in [1.82, 2.24) is 4.90 Å². The number of aliphatic hydroxyl groups excluding tert-OH is 2. The first kappa shape index (κ1) is 14.7. The van der Waals surface area contributed by atoms with Gasteiger partial charge >= 0.3 is 6.18 Å². The van der Waals surface area contributed by atoms with E-state index in [1.54, 1.807) is 13.8 Å². The van der Waals surface area contributed by atoms with Gasteiger partial charge in [-0.05, 0) is 0 Å². The number of hydrogen-bond acceptors (Lipinski definition) is 3. The molecule has 0 bridgehead atoms. The van der Waals surface area contributed by atoms with Crippen LogP contribution in [0.1, 0.15) is 13.8 Å². The van der Waals surface area contributed by atoms with E-state index in [9.17, 15) is 13.2 Å². The molecule has 0 heterocycles. The number of rotatable bonds is 6. The summed E-state index contributed by atoms with van der Waals surface area (Å²) in [5.74, 6) is 0. The number of hydrogen-bond donors (Lipinski definition) is 2. The van der Waals surface area contributed by atoms with Crippen molar-refractivity contribution >= 4 is 0 Å². The third-order valence-electron chi connectivity index (χ3n) is 1.90. The van der Waals surface area contributed by atoms with Gasteiger partial charge in [0.2, 0.25) is 0 Å². The molecule has 0 unspecified atom stereocenters. The number of alkyl halides is 3. The monoisotopic (exact) mass is 229 g/mol. The Hall–Kier alpha value is -0.330. The van der Waals surface area contributed by atoms with Gasteiger partial charge in [-0.2, -0.15) is 13.2 Å². The summed E-state index contributed by atoms with van der Waals surface area (Å²) in [5.41, 5.74) is -0.597. The van der Waals surface area contributed by atoms with Gasteiger partial charge in [0.1, 0.15) is 0 Å². The Balaban J connectivity index is 4.28. The number of nitrogens with zero attached hydrogens (tertiary/aromatic N) is 1. The summed E-state index contributed by atoms with van der Waals surface area (Å²) in [6, 6.07) is 0. The van der Waals surface area contributed by atoms with E-state index < -0.39 is 18.1 Å². The van der Waals surface area contributed by atoms with E-state index in [1.165, 1.54) is 0 Å². The predicted molar refractivity (Wildman–Crippen MR) is 50.4 cm³/mol. The summed E-state index contributed by atoms with van der Waals surface area (Å²) >= 11 is 0. The molecule has 0 amide bonds. The van der Waals surface area contributed by atoms with E-state index in [-0.39, 0.29) is 26.3 Å². The molecular formula is C9H18F3NO2. The predicted octanol–water partition coefficient (Wildman–Crippen LogP) is 0.862. The summed E-state index contributed by atoms with van der Waals surface area (Å²) in [4.78, 5) is 1.09. The van der Waals surface area contributed by atoms with Crippen LogP contribution >= 0.6 is 0 Å². The van der Waals surface area contributed by atoms with Gasteiger partial charge in [-0.1, -0.05) is 13.8 Å². The molecule has 0 aliphatic rings. The third kappa shape index (κ3) is 7.58. The molecule has 0 radical (unpaired) electrons. The van der Waals surface area contributed by atoms with Crippen LogP contribution in [0.4, 0.5) is 13.2 Å². The number of aliphatic hydroxyl groups is 2. The lowest BCUT2D eigenvalue weighted by atomic mass is 9.94. The summed E-state index contributed by atoms with van der Waals surface area (Å²) < 4.78 is 36.4. The molecule has 6 heteroatoms. The van der Waals surface area contributed by atoms with Crippen molar-refractivity contribution in [2.24, 2.45) is 5.41 Å².